The maximum absolute atomic E-state index is 12.9. The van der Waals surface area contributed by atoms with E-state index in [9.17, 15) is 9.59 Å². The van der Waals surface area contributed by atoms with Gasteiger partial charge in [0.25, 0.3) is 0 Å². The molecule has 0 spiro atoms. The van der Waals surface area contributed by atoms with Gasteiger partial charge in [-0.15, -0.1) is 0 Å². The SMILES string of the molecule is O=C(Cn1c(=O)oc2ccccc21)N(Cc1ccco1)C[C@H]1CCCO1. The Morgan fingerprint density at radius 1 is 1.23 bits per heavy atom. The van der Waals surface area contributed by atoms with Crippen LogP contribution in [0.1, 0.15) is 18.6 Å². The molecule has 0 aliphatic carbocycles. The van der Waals surface area contributed by atoms with E-state index in [-0.39, 0.29) is 18.6 Å². The summed E-state index contributed by atoms with van der Waals surface area (Å²) in [4.78, 5) is 26.8. The number of fused-ring (bicyclic) bond motifs is 1. The summed E-state index contributed by atoms with van der Waals surface area (Å²) in [6.07, 6.45) is 3.53. The quantitative estimate of drug-likeness (QED) is 0.678. The zero-order valence-electron chi connectivity index (χ0n) is 14.3. The maximum Gasteiger partial charge on any atom is 0.420 e. The first-order chi connectivity index (χ1) is 12.7. The number of benzene rings is 1. The molecule has 0 saturated carbocycles. The molecule has 0 radical (unpaired) electrons. The van der Waals surface area contributed by atoms with Gasteiger partial charge in [0.05, 0.1) is 24.4 Å². The fourth-order valence-electron chi connectivity index (χ4n) is 3.28. The van der Waals surface area contributed by atoms with Crippen molar-refractivity contribution in [3.63, 3.8) is 0 Å². The van der Waals surface area contributed by atoms with Crippen LogP contribution >= 0.6 is 0 Å². The van der Waals surface area contributed by atoms with Crippen LogP contribution < -0.4 is 5.76 Å². The molecule has 0 N–H and O–H groups in total. The second-order valence-electron chi connectivity index (χ2n) is 6.41. The number of carbonyl (C=O) groups is 1. The molecule has 3 heterocycles. The number of hydrogen-bond acceptors (Lipinski definition) is 5. The zero-order chi connectivity index (χ0) is 17.9. The van der Waals surface area contributed by atoms with Crippen LogP contribution in [-0.2, 0) is 22.6 Å². The average Bonchev–Trinajstić information content (AvgIpc) is 3.37. The second kappa shape index (κ2) is 7.21. The number of furan rings is 1. The van der Waals surface area contributed by atoms with Gasteiger partial charge in [0, 0.05) is 13.2 Å². The van der Waals surface area contributed by atoms with Gasteiger partial charge in [0.2, 0.25) is 5.91 Å². The van der Waals surface area contributed by atoms with Crippen LogP contribution in [0.4, 0.5) is 0 Å². The summed E-state index contributed by atoms with van der Waals surface area (Å²) in [6, 6.07) is 10.7. The molecule has 2 aromatic heterocycles. The molecule has 26 heavy (non-hydrogen) atoms. The summed E-state index contributed by atoms with van der Waals surface area (Å²) >= 11 is 0. The predicted molar refractivity (Wildman–Crippen MR) is 93.6 cm³/mol. The third-order valence-corrected chi connectivity index (χ3v) is 4.59. The van der Waals surface area contributed by atoms with Crippen molar-refractivity contribution >= 4 is 17.0 Å². The smallest absolute Gasteiger partial charge is 0.420 e. The minimum atomic E-state index is -0.533. The summed E-state index contributed by atoms with van der Waals surface area (Å²) in [5.41, 5.74) is 1.09. The molecule has 1 saturated heterocycles. The molecule has 7 nitrogen and oxygen atoms in total. The van der Waals surface area contributed by atoms with Gasteiger partial charge in [-0.05, 0) is 37.1 Å². The van der Waals surface area contributed by atoms with Crippen molar-refractivity contribution in [2.45, 2.75) is 32.0 Å². The van der Waals surface area contributed by atoms with Gasteiger partial charge in [-0.1, -0.05) is 12.1 Å². The monoisotopic (exact) mass is 356 g/mol. The number of oxazole rings is 1. The fourth-order valence-corrected chi connectivity index (χ4v) is 3.28. The molecule has 1 atom stereocenters. The van der Waals surface area contributed by atoms with E-state index in [1.807, 2.05) is 12.1 Å². The number of aromatic nitrogens is 1. The molecule has 1 aliphatic heterocycles. The number of ether oxygens (including phenoxy) is 1. The van der Waals surface area contributed by atoms with Gasteiger partial charge < -0.3 is 18.5 Å². The largest absolute Gasteiger partial charge is 0.467 e. The summed E-state index contributed by atoms with van der Waals surface area (Å²) in [7, 11) is 0. The van der Waals surface area contributed by atoms with Crippen molar-refractivity contribution in [1.29, 1.82) is 0 Å². The second-order valence-corrected chi connectivity index (χ2v) is 6.41. The van der Waals surface area contributed by atoms with E-state index in [1.165, 1.54) is 4.57 Å². The van der Waals surface area contributed by atoms with Gasteiger partial charge in [-0.2, -0.15) is 0 Å². The molecule has 4 rings (SSSR count). The first kappa shape index (κ1) is 16.7. The van der Waals surface area contributed by atoms with Gasteiger partial charge >= 0.3 is 5.76 Å². The maximum atomic E-state index is 12.9. The van der Waals surface area contributed by atoms with Crippen molar-refractivity contribution in [1.82, 2.24) is 9.47 Å². The number of para-hydroxylation sites is 2. The molecular weight excluding hydrogens is 336 g/mol. The van der Waals surface area contributed by atoms with Crippen molar-refractivity contribution in [2.75, 3.05) is 13.2 Å². The van der Waals surface area contributed by atoms with E-state index in [0.29, 0.717) is 29.9 Å². The molecule has 136 valence electrons. The van der Waals surface area contributed by atoms with Gasteiger partial charge in [0.1, 0.15) is 12.3 Å². The minimum Gasteiger partial charge on any atom is -0.467 e. The van der Waals surface area contributed by atoms with E-state index in [4.69, 9.17) is 13.6 Å². The molecule has 3 aromatic rings. The number of rotatable bonds is 6. The van der Waals surface area contributed by atoms with E-state index < -0.39 is 5.76 Å². The lowest BCUT2D eigenvalue weighted by Gasteiger charge is -2.24. The van der Waals surface area contributed by atoms with Crippen molar-refractivity contribution in [3.8, 4) is 0 Å². The van der Waals surface area contributed by atoms with Crippen LogP contribution in [0.3, 0.4) is 0 Å². The molecule has 0 bridgehead atoms. The Kier molecular flexibility index (Phi) is 4.62. The third-order valence-electron chi connectivity index (χ3n) is 4.59. The topological polar surface area (TPSA) is 77.8 Å². The van der Waals surface area contributed by atoms with Crippen LogP contribution in [0.2, 0.25) is 0 Å². The fraction of sp³-hybridized carbons (Fsp3) is 0.368. The first-order valence-electron chi connectivity index (χ1n) is 8.71. The van der Waals surface area contributed by atoms with Crippen molar-refractivity contribution in [2.24, 2.45) is 0 Å². The average molecular weight is 356 g/mol. The molecule has 1 fully saturated rings. The van der Waals surface area contributed by atoms with Crippen molar-refractivity contribution in [3.05, 3.63) is 59.0 Å². The zero-order valence-corrected chi connectivity index (χ0v) is 14.3. The number of amides is 1. The summed E-state index contributed by atoms with van der Waals surface area (Å²) in [5, 5.41) is 0. The van der Waals surface area contributed by atoms with E-state index >= 15 is 0 Å². The molecule has 1 aromatic carbocycles. The lowest BCUT2D eigenvalue weighted by atomic mass is 10.2. The highest BCUT2D eigenvalue weighted by Gasteiger charge is 2.24. The van der Waals surface area contributed by atoms with E-state index in [0.717, 1.165) is 19.4 Å². The predicted octanol–water partition coefficient (Wildman–Crippen LogP) is 2.40. The van der Waals surface area contributed by atoms with Crippen LogP contribution in [-0.4, -0.2) is 34.6 Å². The van der Waals surface area contributed by atoms with Crippen LogP contribution in [0.15, 0.2) is 56.3 Å². The van der Waals surface area contributed by atoms with Gasteiger partial charge in [-0.25, -0.2) is 4.79 Å². The van der Waals surface area contributed by atoms with Gasteiger partial charge in [0.15, 0.2) is 5.58 Å². The Labute approximate surface area is 149 Å². The molecule has 0 unspecified atom stereocenters. The first-order valence-corrected chi connectivity index (χ1v) is 8.71. The Balaban J connectivity index is 1.56. The molecule has 7 heteroatoms. The summed E-state index contributed by atoms with van der Waals surface area (Å²) in [5.74, 6) is -0.0130. The summed E-state index contributed by atoms with van der Waals surface area (Å²) < 4.78 is 17.6. The van der Waals surface area contributed by atoms with E-state index in [2.05, 4.69) is 0 Å². The lowest BCUT2D eigenvalue weighted by Crippen LogP contribution is -2.39. The highest BCUT2D eigenvalue weighted by molar-refractivity contribution is 5.79. The number of carbonyl (C=O) groups excluding carboxylic acids is 1. The normalized spacial score (nSPS) is 17.0. The minimum absolute atomic E-state index is 0.0201. The molecular formula is C19H20N2O5. The third kappa shape index (κ3) is 3.43. The standard InChI is InChI=1S/C19H20N2O5/c22-18(13-21-16-7-1-2-8-17(16)26-19(21)23)20(11-14-5-3-9-24-14)12-15-6-4-10-25-15/h1-3,5,7-9,15H,4,6,10-13H2/t15-/m1/s1. The molecule has 1 aliphatic rings. The number of nitrogens with zero attached hydrogens (tertiary/aromatic N) is 2. The van der Waals surface area contributed by atoms with Crippen LogP contribution in [0.5, 0.6) is 0 Å². The summed E-state index contributed by atoms with van der Waals surface area (Å²) in [6.45, 7) is 1.46. The Morgan fingerprint density at radius 2 is 2.12 bits per heavy atom. The highest BCUT2D eigenvalue weighted by Crippen LogP contribution is 2.17. The van der Waals surface area contributed by atoms with E-state index in [1.54, 1.807) is 35.4 Å². The van der Waals surface area contributed by atoms with Crippen LogP contribution in [0, 0.1) is 0 Å². The van der Waals surface area contributed by atoms with Gasteiger partial charge in [-0.3, -0.25) is 9.36 Å². The number of hydrogen-bond donors (Lipinski definition) is 0. The van der Waals surface area contributed by atoms with Crippen molar-refractivity contribution < 1.29 is 18.4 Å². The Morgan fingerprint density at radius 3 is 2.88 bits per heavy atom. The highest BCUT2D eigenvalue weighted by atomic mass is 16.5. The Bertz CT molecular complexity index is 934. The Hall–Kier alpha value is -2.80. The lowest BCUT2D eigenvalue weighted by molar-refractivity contribution is -0.134. The van der Waals surface area contributed by atoms with Crippen LogP contribution in [0.25, 0.3) is 11.1 Å². The molecule has 1 amide bonds.